The molecule has 0 aromatic rings. The average molecular weight is 417 g/mol. The van der Waals surface area contributed by atoms with Crippen molar-refractivity contribution in [2.75, 3.05) is 0 Å². The second-order valence-corrected chi connectivity index (χ2v) is 10.7. The normalized spacial score (nSPS) is 44.8. The highest BCUT2D eigenvalue weighted by Crippen LogP contribution is 2.66. The van der Waals surface area contributed by atoms with Crippen molar-refractivity contribution in [3.63, 3.8) is 0 Å². The maximum absolute atomic E-state index is 12.3. The molecular formula is C25H36O5. The van der Waals surface area contributed by atoms with Crippen molar-refractivity contribution < 1.29 is 23.9 Å². The molecule has 5 nitrogen and oxygen atoms in total. The van der Waals surface area contributed by atoms with Gasteiger partial charge in [-0.05, 0) is 62.2 Å². The number of carbonyl (C=O) groups excluding carboxylic acids is 3. The molecule has 30 heavy (non-hydrogen) atoms. The molecule has 0 aliphatic heterocycles. The minimum atomic E-state index is -0.283. The summed E-state index contributed by atoms with van der Waals surface area (Å²) in [4.78, 5) is 35.9. The number of ketones is 1. The Morgan fingerprint density at radius 2 is 1.67 bits per heavy atom. The van der Waals surface area contributed by atoms with E-state index in [1.54, 1.807) is 6.92 Å². The third-order valence-corrected chi connectivity index (χ3v) is 9.26. The largest absolute Gasteiger partial charge is 0.462 e. The molecule has 0 radical (unpaired) electrons. The molecule has 8 atom stereocenters. The number of allylic oxidation sites excluding steroid dienone is 1. The van der Waals surface area contributed by atoms with Crippen LogP contribution in [0.4, 0.5) is 0 Å². The van der Waals surface area contributed by atoms with E-state index in [-0.39, 0.29) is 40.9 Å². The predicted molar refractivity (Wildman–Crippen MR) is 112 cm³/mol. The van der Waals surface area contributed by atoms with Crippen molar-refractivity contribution in [3.8, 4) is 0 Å². The Morgan fingerprint density at radius 1 is 0.967 bits per heavy atom. The molecule has 0 unspecified atom stereocenters. The van der Waals surface area contributed by atoms with Crippen LogP contribution in [-0.4, -0.2) is 29.9 Å². The summed E-state index contributed by atoms with van der Waals surface area (Å²) in [5.41, 5.74) is 1.17. The van der Waals surface area contributed by atoms with Crippen LogP contribution in [0.5, 0.6) is 0 Å². The first-order chi connectivity index (χ1) is 14.1. The zero-order chi connectivity index (χ0) is 21.8. The molecule has 166 valence electrons. The summed E-state index contributed by atoms with van der Waals surface area (Å²) < 4.78 is 11.4. The standard InChI is InChI=1S/C25H36O5/c1-14(26)20-8-9-21-19-7-6-17-12-18(29-15(2)27)13-23(30-16(3)28)25(17,5)22(19)10-11-24(20,21)4/h6,18-23H,7-13H2,1-5H3/t18-,19+,20-,21+,22+,23-,24-,25+/m1/s1. The minimum Gasteiger partial charge on any atom is -0.462 e. The summed E-state index contributed by atoms with van der Waals surface area (Å²) in [5.74, 6) is 1.47. The zero-order valence-corrected chi connectivity index (χ0v) is 19.0. The second kappa shape index (κ2) is 7.49. The summed E-state index contributed by atoms with van der Waals surface area (Å²) in [6.07, 6.45) is 8.40. The molecule has 0 aromatic heterocycles. The Labute approximate surface area is 179 Å². The zero-order valence-electron chi connectivity index (χ0n) is 19.0. The average Bonchev–Trinajstić information content (AvgIpc) is 2.99. The maximum atomic E-state index is 12.3. The lowest BCUT2D eigenvalue weighted by molar-refractivity contribution is -0.172. The summed E-state index contributed by atoms with van der Waals surface area (Å²) in [6.45, 7) is 9.28. The van der Waals surface area contributed by atoms with E-state index in [1.807, 2.05) is 0 Å². The molecule has 0 N–H and O–H groups in total. The molecule has 4 rings (SSSR count). The molecule has 0 bridgehead atoms. The molecule has 4 aliphatic rings. The number of hydrogen-bond acceptors (Lipinski definition) is 5. The summed E-state index contributed by atoms with van der Waals surface area (Å²) in [5, 5.41) is 0. The van der Waals surface area contributed by atoms with E-state index >= 15 is 0 Å². The monoisotopic (exact) mass is 416 g/mol. The maximum Gasteiger partial charge on any atom is 0.302 e. The molecule has 0 spiro atoms. The third kappa shape index (κ3) is 3.23. The van der Waals surface area contributed by atoms with Gasteiger partial charge in [-0.25, -0.2) is 0 Å². The lowest BCUT2D eigenvalue weighted by Gasteiger charge is -2.59. The van der Waals surface area contributed by atoms with Gasteiger partial charge in [0.15, 0.2) is 0 Å². The van der Waals surface area contributed by atoms with Gasteiger partial charge in [-0.2, -0.15) is 0 Å². The molecule has 4 aliphatic carbocycles. The summed E-state index contributed by atoms with van der Waals surface area (Å²) in [6, 6.07) is 0. The molecule has 0 amide bonds. The van der Waals surface area contributed by atoms with E-state index in [0.29, 0.717) is 30.0 Å². The van der Waals surface area contributed by atoms with Crippen LogP contribution < -0.4 is 0 Å². The van der Waals surface area contributed by atoms with Crippen LogP contribution in [0, 0.1) is 34.5 Å². The van der Waals surface area contributed by atoms with Gasteiger partial charge in [0.1, 0.15) is 18.0 Å². The van der Waals surface area contributed by atoms with Crippen LogP contribution >= 0.6 is 0 Å². The van der Waals surface area contributed by atoms with Crippen molar-refractivity contribution >= 4 is 17.7 Å². The van der Waals surface area contributed by atoms with Crippen LogP contribution in [0.3, 0.4) is 0 Å². The van der Waals surface area contributed by atoms with Gasteiger partial charge in [0.25, 0.3) is 0 Å². The van der Waals surface area contributed by atoms with Crippen LogP contribution in [0.1, 0.15) is 79.6 Å². The summed E-state index contributed by atoms with van der Waals surface area (Å²) >= 11 is 0. The number of rotatable bonds is 3. The molecule has 0 aromatic carbocycles. The van der Waals surface area contributed by atoms with Crippen LogP contribution in [0.25, 0.3) is 0 Å². The fraction of sp³-hybridized carbons (Fsp3) is 0.800. The first-order valence-electron chi connectivity index (χ1n) is 11.6. The van der Waals surface area contributed by atoms with Crippen molar-refractivity contribution in [1.29, 1.82) is 0 Å². The van der Waals surface area contributed by atoms with Gasteiger partial charge in [-0.1, -0.05) is 25.5 Å². The fourth-order valence-electron chi connectivity index (χ4n) is 8.02. The second-order valence-electron chi connectivity index (χ2n) is 10.7. The third-order valence-electron chi connectivity index (χ3n) is 9.26. The van der Waals surface area contributed by atoms with Gasteiger partial charge >= 0.3 is 11.9 Å². The van der Waals surface area contributed by atoms with Gasteiger partial charge in [0.2, 0.25) is 0 Å². The number of Topliss-reactive ketones (excluding diaryl/α,β-unsaturated/α-hetero) is 1. The van der Waals surface area contributed by atoms with Gasteiger partial charge in [-0.15, -0.1) is 0 Å². The van der Waals surface area contributed by atoms with Crippen molar-refractivity contribution in [2.24, 2.45) is 34.5 Å². The Morgan fingerprint density at radius 3 is 2.30 bits per heavy atom. The van der Waals surface area contributed by atoms with Crippen LogP contribution in [-0.2, 0) is 23.9 Å². The Kier molecular flexibility index (Phi) is 5.39. The lowest BCUT2D eigenvalue weighted by atomic mass is 9.46. The Balaban J connectivity index is 1.68. The van der Waals surface area contributed by atoms with Crippen molar-refractivity contribution in [3.05, 3.63) is 11.6 Å². The number of carbonyl (C=O) groups is 3. The van der Waals surface area contributed by atoms with Crippen molar-refractivity contribution in [1.82, 2.24) is 0 Å². The Bertz CT molecular complexity index is 784. The molecule has 5 heteroatoms. The molecule has 0 heterocycles. The van der Waals surface area contributed by atoms with E-state index in [0.717, 1.165) is 38.5 Å². The summed E-state index contributed by atoms with van der Waals surface area (Å²) in [7, 11) is 0. The highest BCUT2D eigenvalue weighted by molar-refractivity contribution is 5.79. The first-order valence-corrected chi connectivity index (χ1v) is 11.6. The predicted octanol–water partition coefficient (Wildman–Crippen LogP) is 4.63. The molecule has 0 saturated heterocycles. The molecular weight excluding hydrogens is 380 g/mol. The highest BCUT2D eigenvalue weighted by atomic mass is 16.6. The van der Waals surface area contributed by atoms with E-state index in [2.05, 4.69) is 19.9 Å². The fourth-order valence-corrected chi connectivity index (χ4v) is 8.02. The Hall–Kier alpha value is -1.65. The van der Waals surface area contributed by atoms with Gasteiger partial charge in [-0.3, -0.25) is 14.4 Å². The quantitative estimate of drug-likeness (QED) is 0.496. The van der Waals surface area contributed by atoms with Crippen LogP contribution in [0.15, 0.2) is 11.6 Å². The van der Waals surface area contributed by atoms with E-state index in [4.69, 9.17) is 9.47 Å². The molecule has 3 saturated carbocycles. The van der Waals surface area contributed by atoms with Crippen molar-refractivity contribution in [2.45, 2.75) is 91.8 Å². The highest BCUT2D eigenvalue weighted by Gasteiger charge is 2.62. The van der Waals surface area contributed by atoms with E-state index in [9.17, 15) is 14.4 Å². The van der Waals surface area contributed by atoms with Crippen LogP contribution in [0.2, 0.25) is 0 Å². The lowest BCUT2D eigenvalue weighted by Crippen LogP contribution is -2.57. The number of ether oxygens (including phenoxy) is 2. The molecule has 3 fully saturated rings. The number of esters is 2. The van der Waals surface area contributed by atoms with Gasteiger partial charge in [0.05, 0.1) is 0 Å². The minimum absolute atomic E-state index is 0.0978. The van der Waals surface area contributed by atoms with E-state index < -0.39 is 0 Å². The number of fused-ring (bicyclic) bond motifs is 5. The van der Waals surface area contributed by atoms with Gasteiger partial charge in [0, 0.05) is 38.0 Å². The first kappa shape index (κ1) is 21.6. The van der Waals surface area contributed by atoms with E-state index in [1.165, 1.54) is 19.4 Å². The SMILES string of the molecule is CC(=O)O[C@@H]1CC2=CC[C@H]3[C@@H]4CC[C@H](C(C)=O)[C@@]4(C)CC[C@@H]3[C@@]2(C)[C@H](OC(C)=O)C1. The smallest absolute Gasteiger partial charge is 0.302 e. The topological polar surface area (TPSA) is 69.7 Å². The number of hydrogen-bond donors (Lipinski definition) is 0. The van der Waals surface area contributed by atoms with Gasteiger partial charge < -0.3 is 9.47 Å².